The van der Waals surface area contributed by atoms with Crippen molar-refractivity contribution in [3.05, 3.63) is 58.5 Å². The number of rotatable bonds is 4. The predicted molar refractivity (Wildman–Crippen MR) is 73.8 cm³/mol. The number of aromatic nitrogens is 1. The highest BCUT2D eigenvalue weighted by Crippen LogP contribution is 2.24. The van der Waals surface area contributed by atoms with Crippen LogP contribution in [0.2, 0.25) is 5.02 Å². The highest BCUT2D eigenvalue weighted by molar-refractivity contribution is 6.30. The molecular formula is C13H14ClFN4. The van der Waals surface area contributed by atoms with E-state index in [-0.39, 0.29) is 11.9 Å². The van der Waals surface area contributed by atoms with E-state index >= 15 is 0 Å². The number of halogens is 2. The van der Waals surface area contributed by atoms with Gasteiger partial charge in [0.2, 0.25) is 0 Å². The van der Waals surface area contributed by atoms with E-state index in [9.17, 15) is 4.39 Å². The van der Waals surface area contributed by atoms with Crippen molar-refractivity contribution >= 4 is 17.4 Å². The number of benzene rings is 1. The van der Waals surface area contributed by atoms with Gasteiger partial charge in [0, 0.05) is 16.8 Å². The molecule has 0 spiro atoms. The van der Waals surface area contributed by atoms with Crippen LogP contribution >= 0.6 is 11.6 Å². The Morgan fingerprint density at radius 2 is 2.11 bits per heavy atom. The topological polar surface area (TPSA) is 77.0 Å². The molecule has 2 rings (SSSR count). The minimum atomic E-state index is -0.388. The minimum absolute atomic E-state index is 0.352. The summed E-state index contributed by atoms with van der Waals surface area (Å²) in [7, 11) is 0. The van der Waals surface area contributed by atoms with Gasteiger partial charge in [-0.3, -0.25) is 11.3 Å². The van der Waals surface area contributed by atoms with Crippen molar-refractivity contribution in [2.45, 2.75) is 12.5 Å². The van der Waals surface area contributed by atoms with Crippen LogP contribution < -0.4 is 17.0 Å². The summed E-state index contributed by atoms with van der Waals surface area (Å²) >= 11 is 5.88. The van der Waals surface area contributed by atoms with Crippen molar-refractivity contribution in [1.29, 1.82) is 0 Å². The van der Waals surface area contributed by atoms with Crippen LogP contribution in [0.15, 0.2) is 36.5 Å². The molecule has 1 aromatic heterocycles. The molecule has 5 N–H and O–H groups in total. The van der Waals surface area contributed by atoms with Gasteiger partial charge in [0.15, 0.2) is 0 Å². The van der Waals surface area contributed by atoms with E-state index in [2.05, 4.69) is 10.4 Å². The number of nitrogen functional groups attached to an aromatic ring is 1. The molecule has 0 fully saturated rings. The summed E-state index contributed by atoms with van der Waals surface area (Å²) in [5.41, 5.74) is 9.54. The maximum atomic E-state index is 13.8. The van der Waals surface area contributed by atoms with E-state index in [1.54, 1.807) is 18.3 Å². The van der Waals surface area contributed by atoms with Gasteiger partial charge >= 0.3 is 0 Å². The van der Waals surface area contributed by atoms with Crippen LogP contribution in [0.4, 0.5) is 10.2 Å². The molecule has 100 valence electrons. The van der Waals surface area contributed by atoms with Crippen LogP contribution in [0.3, 0.4) is 0 Å². The Bertz CT molecular complexity index is 576. The van der Waals surface area contributed by atoms with Gasteiger partial charge < -0.3 is 5.73 Å². The summed E-state index contributed by atoms with van der Waals surface area (Å²) in [4.78, 5) is 3.91. The van der Waals surface area contributed by atoms with E-state index < -0.39 is 0 Å². The molecule has 0 saturated carbocycles. The second kappa shape index (κ2) is 5.97. The van der Waals surface area contributed by atoms with Gasteiger partial charge in [-0.2, -0.15) is 0 Å². The van der Waals surface area contributed by atoms with Gasteiger partial charge in [0.1, 0.15) is 11.6 Å². The highest BCUT2D eigenvalue weighted by atomic mass is 35.5. The van der Waals surface area contributed by atoms with E-state index in [4.69, 9.17) is 23.2 Å². The van der Waals surface area contributed by atoms with Crippen LogP contribution in [-0.2, 0) is 6.42 Å². The van der Waals surface area contributed by atoms with E-state index in [1.165, 1.54) is 12.1 Å². The largest absolute Gasteiger partial charge is 0.384 e. The van der Waals surface area contributed by atoms with Crippen molar-refractivity contribution in [3.63, 3.8) is 0 Å². The second-order valence-corrected chi connectivity index (χ2v) is 4.61. The van der Waals surface area contributed by atoms with Crippen molar-refractivity contribution in [2.75, 3.05) is 5.73 Å². The van der Waals surface area contributed by atoms with Crippen molar-refractivity contribution in [1.82, 2.24) is 10.4 Å². The molecule has 0 aliphatic rings. The van der Waals surface area contributed by atoms with Crippen LogP contribution in [0.1, 0.15) is 17.2 Å². The highest BCUT2D eigenvalue weighted by Gasteiger charge is 2.15. The summed E-state index contributed by atoms with van der Waals surface area (Å²) in [5.74, 6) is 5.57. The number of hydrazine groups is 1. The number of pyridine rings is 1. The zero-order chi connectivity index (χ0) is 13.8. The first-order valence-corrected chi connectivity index (χ1v) is 6.09. The van der Waals surface area contributed by atoms with Crippen molar-refractivity contribution in [3.8, 4) is 0 Å². The van der Waals surface area contributed by atoms with Gasteiger partial charge in [-0.15, -0.1) is 0 Å². The third-order valence-electron chi connectivity index (χ3n) is 2.82. The zero-order valence-electron chi connectivity index (χ0n) is 10.1. The molecule has 4 nitrogen and oxygen atoms in total. The summed E-state index contributed by atoms with van der Waals surface area (Å²) in [6.07, 6.45) is 2.09. The monoisotopic (exact) mass is 280 g/mol. The molecule has 1 atom stereocenters. The zero-order valence-corrected chi connectivity index (χ0v) is 10.9. The fourth-order valence-corrected chi connectivity index (χ4v) is 2.08. The fourth-order valence-electron chi connectivity index (χ4n) is 1.90. The quantitative estimate of drug-likeness (QED) is 0.593. The fraction of sp³-hybridized carbons (Fsp3) is 0.154. The Balaban J connectivity index is 2.27. The summed E-state index contributed by atoms with van der Waals surface area (Å²) in [6, 6.07) is 7.53. The van der Waals surface area contributed by atoms with Crippen molar-refractivity contribution < 1.29 is 4.39 Å². The third-order valence-corrected chi connectivity index (χ3v) is 3.06. The molecule has 2 aromatic rings. The molecule has 0 aliphatic carbocycles. The normalized spacial score (nSPS) is 12.4. The molecule has 1 aromatic carbocycles. The molecule has 19 heavy (non-hydrogen) atoms. The van der Waals surface area contributed by atoms with Crippen molar-refractivity contribution in [2.24, 2.45) is 5.84 Å². The average molecular weight is 281 g/mol. The van der Waals surface area contributed by atoms with E-state index in [0.717, 1.165) is 5.56 Å². The van der Waals surface area contributed by atoms with Crippen LogP contribution in [0, 0.1) is 5.82 Å². The smallest absolute Gasteiger partial charge is 0.128 e. The molecule has 0 amide bonds. The maximum Gasteiger partial charge on any atom is 0.128 e. The van der Waals surface area contributed by atoms with Gasteiger partial charge in [0.05, 0.1) is 6.04 Å². The minimum Gasteiger partial charge on any atom is -0.384 e. The molecular weight excluding hydrogens is 267 g/mol. The third kappa shape index (κ3) is 3.41. The molecule has 1 unspecified atom stereocenters. The van der Waals surface area contributed by atoms with Crippen LogP contribution in [0.25, 0.3) is 0 Å². The molecule has 0 bridgehead atoms. The lowest BCUT2D eigenvalue weighted by Crippen LogP contribution is -2.30. The van der Waals surface area contributed by atoms with E-state index in [1.807, 2.05) is 6.07 Å². The first-order valence-electron chi connectivity index (χ1n) is 5.71. The first-order chi connectivity index (χ1) is 9.10. The average Bonchev–Trinajstić information content (AvgIpc) is 2.39. The Labute approximate surface area is 115 Å². The number of hydrogen-bond donors (Lipinski definition) is 3. The molecule has 6 heteroatoms. The standard InChI is InChI=1S/C13H14ClFN4/c14-9-1-2-11(15)10(7-9)12(19-17)5-8-3-4-18-13(16)6-8/h1-4,6-7,12,19H,5,17H2,(H2,16,18). The van der Waals surface area contributed by atoms with Crippen LogP contribution in [0.5, 0.6) is 0 Å². The number of nitrogens with zero attached hydrogens (tertiary/aromatic N) is 1. The Kier molecular flexibility index (Phi) is 4.31. The number of nitrogens with one attached hydrogen (secondary N) is 1. The number of hydrogen-bond acceptors (Lipinski definition) is 4. The number of nitrogens with two attached hydrogens (primary N) is 2. The summed E-state index contributed by atoms with van der Waals surface area (Å²) < 4.78 is 13.8. The van der Waals surface area contributed by atoms with E-state index in [0.29, 0.717) is 22.8 Å². The number of anilines is 1. The Morgan fingerprint density at radius 1 is 1.32 bits per heavy atom. The maximum absolute atomic E-state index is 13.8. The van der Waals surface area contributed by atoms with Gasteiger partial charge in [-0.05, 0) is 42.3 Å². The molecule has 0 radical (unpaired) electrons. The lowest BCUT2D eigenvalue weighted by Gasteiger charge is -2.17. The first kappa shape index (κ1) is 13.7. The molecule has 0 aliphatic heterocycles. The van der Waals surface area contributed by atoms with Gasteiger partial charge in [0.25, 0.3) is 0 Å². The SMILES string of the molecule is NNC(Cc1ccnc(N)c1)c1cc(Cl)ccc1F. The lowest BCUT2D eigenvalue weighted by atomic mass is 9.99. The van der Waals surface area contributed by atoms with Gasteiger partial charge in [-0.1, -0.05) is 11.6 Å². The molecule has 0 saturated heterocycles. The summed E-state index contributed by atoms with van der Waals surface area (Å²) in [5, 5.41) is 0.464. The Hall–Kier alpha value is -1.69. The van der Waals surface area contributed by atoms with Gasteiger partial charge in [-0.25, -0.2) is 9.37 Å². The lowest BCUT2D eigenvalue weighted by molar-refractivity contribution is 0.510. The molecule has 1 heterocycles. The Morgan fingerprint density at radius 3 is 2.79 bits per heavy atom. The van der Waals surface area contributed by atoms with Crippen LogP contribution in [-0.4, -0.2) is 4.98 Å². The summed E-state index contributed by atoms with van der Waals surface area (Å²) in [6.45, 7) is 0. The predicted octanol–water partition coefficient (Wildman–Crippen LogP) is 2.20. The second-order valence-electron chi connectivity index (χ2n) is 4.18.